The average Bonchev–Trinajstić information content (AvgIpc) is 1.76. The Kier molecular flexibility index (Phi) is 40.3. The molecule has 0 heterocycles. The van der Waals surface area contributed by atoms with Gasteiger partial charge in [0.15, 0.2) is 0 Å². The Labute approximate surface area is 105 Å². The van der Waals surface area contributed by atoms with Gasteiger partial charge in [0.05, 0.1) is 20.3 Å². The van der Waals surface area contributed by atoms with Crippen molar-refractivity contribution in [1.29, 1.82) is 0 Å². The third-order valence-corrected chi connectivity index (χ3v) is 0. The molecular formula is AuN4O12-. The van der Waals surface area contributed by atoms with Crippen molar-refractivity contribution in [1.82, 2.24) is 0 Å². The number of hydrogen-bond donors (Lipinski definition) is 0. The molecule has 0 aromatic heterocycles. The number of nitrogens with zero attached hydrogens (tertiary/aromatic N) is 4. The van der Waals surface area contributed by atoms with E-state index in [2.05, 4.69) is 0 Å². The third-order valence-electron chi connectivity index (χ3n) is 0. The monoisotopic (exact) mass is 445 g/mol. The molecule has 0 N–H and O–H groups in total. The Balaban J connectivity index is -0.0000000369. The summed E-state index contributed by atoms with van der Waals surface area (Å²) in [7, 11) is 0. The summed E-state index contributed by atoms with van der Waals surface area (Å²) in [4.78, 5) is 33.0. The minimum Gasteiger partial charge on any atom is -0.356 e. The molecule has 0 atom stereocenters. The second kappa shape index (κ2) is 23.4. The van der Waals surface area contributed by atoms with E-state index in [9.17, 15) is 0 Å². The second-order valence-corrected chi connectivity index (χ2v) is 0.894. The minimum absolute atomic E-state index is 0. The molecule has 0 aliphatic rings. The first-order valence-electron chi connectivity index (χ1n) is 2.19. The predicted molar refractivity (Wildman–Crippen MR) is 41.4 cm³/mol. The molecule has 0 aromatic rings. The summed E-state index contributed by atoms with van der Waals surface area (Å²) in [6, 6.07) is 0. The van der Waals surface area contributed by atoms with Crippen molar-refractivity contribution in [2.45, 2.75) is 0 Å². The fourth-order valence-electron chi connectivity index (χ4n) is 0. The van der Waals surface area contributed by atoms with Gasteiger partial charge in [-0.25, -0.2) is 0 Å². The Morgan fingerprint density at radius 3 is 0.412 bits per heavy atom. The molecule has 0 unspecified atom stereocenters. The van der Waals surface area contributed by atoms with E-state index in [4.69, 9.17) is 61.3 Å². The van der Waals surface area contributed by atoms with Gasteiger partial charge in [-0.3, -0.25) is 0 Å². The molecule has 0 saturated carbocycles. The van der Waals surface area contributed by atoms with Crippen molar-refractivity contribution in [3.05, 3.63) is 61.3 Å². The van der Waals surface area contributed by atoms with Crippen molar-refractivity contribution in [3.63, 3.8) is 0 Å². The van der Waals surface area contributed by atoms with Gasteiger partial charge >= 0.3 is 22.4 Å². The largest absolute Gasteiger partial charge is 3.00 e. The maximum atomic E-state index is 8.25. The van der Waals surface area contributed by atoms with Gasteiger partial charge in [-0.05, 0) is 0 Å². The van der Waals surface area contributed by atoms with Crippen LogP contribution in [0.4, 0.5) is 0 Å². The smallest absolute Gasteiger partial charge is 0.356 e. The first kappa shape index (κ1) is 29.3. The van der Waals surface area contributed by atoms with E-state index in [0.717, 1.165) is 0 Å². The van der Waals surface area contributed by atoms with E-state index in [0.29, 0.717) is 0 Å². The molecule has 0 aliphatic heterocycles. The van der Waals surface area contributed by atoms with E-state index in [1.807, 2.05) is 0 Å². The van der Waals surface area contributed by atoms with Crippen molar-refractivity contribution >= 4 is 0 Å². The summed E-state index contributed by atoms with van der Waals surface area (Å²) >= 11 is 0. The van der Waals surface area contributed by atoms with Crippen molar-refractivity contribution in [2.24, 2.45) is 0 Å². The molecule has 0 fully saturated rings. The predicted octanol–water partition coefficient (Wildman–Crippen LogP) is -0.959. The summed E-state index contributed by atoms with van der Waals surface area (Å²) in [6.07, 6.45) is 0. The molecule has 0 radical (unpaired) electrons. The van der Waals surface area contributed by atoms with Gasteiger partial charge in [-0.2, -0.15) is 0 Å². The van der Waals surface area contributed by atoms with E-state index >= 15 is 0 Å². The minimum atomic E-state index is -1.75. The van der Waals surface area contributed by atoms with Crippen LogP contribution in [0.15, 0.2) is 0 Å². The van der Waals surface area contributed by atoms with Crippen LogP contribution in [0, 0.1) is 61.3 Å². The van der Waals surface area contributed by atoms with Crippen LogP contribution in [0.25, 0.3) is 0 Å². The average molecular weight is 445 g/mol. The zero-order valence-electron chi connectivity index (χ0n) is 6.99. The molecule has 0 rings (SSSR count). The van der Waals surface area contributed by atoms with E-state index in [1.165, 1.54) is 0 Å². The van der Waals surface area contributed by atoms with Gasteiger partial charge in [0, 0.05) is 0 Å². The van der Waals surface area contributed by atoms with Crippen molar-refractivity contribution in [2.75, 3.05) is 0 Å². The standard InChI is InChI=1S/Au.4NO3/c;4*2-1(3)4/q+3;4*-1. The number of hydrogen-bond acceptors (Lipinski definition) is 12. The Morgan fingerprint density at radius 2 is 0.412 bits per heavy atom. The molecule has 0 spiro atoms. The first-order chi connectivity index (χ1) is 6.93. The molecular weight excluding hydrogens is 445 g/mol. The van der Waals surface area contributed by atoms with Crippen LogP contribution in [-0.4, -0.2) is 20.3 Å². The van der Waals surface area contributed by atoms with Crippen LogP contribution in [0.3, 0.4) is 0 Å². The van der Waals surface area contributed by atoms with Crippen LogP contribution in [0.2, 0.25) is 0 Å². The van der Waals surface area contributed by atoms with Gasteiger partial charge in [-0.1, -0.05) is 0 Å². The van der Waals surface area contributed by atoms with Crippen LogP contribution in [-0.2, 0) is 22.4 Å². The van der Waals surface area contributed by atoms with Crippen LogP contribution in [0.1, 0.15) is 0 Å². The Morgan fingerprint density at radius 1 is 0.412 bits per heavy atom. The van der Waals surface area contributed by atoms with Crippen molar-refractivity contribution in [3.8, 4) is 0 Å². The van der Waals surface area contributed by atoms with E-state index < -0.39 is 20.3 Å². The molecule has 16 nitrogen and oxygen atoms in total. The molecule has 0 saturated heterocycles. The summed E-state index contributed by atoms with van der Waals surface area (Å²) in [6.45, 7) is 0. The molecule has 17 heavy (non-hydrogen) atoms. The van der Waals surface area contributed by atoms with Gasteiger partial charge < -0.3 is 61.3 Å². The van der Waals surface area contributed by atoms with Crippen LogP contribution < -0.4 is 0 Å². The fraction of sp³-hybridized carbons (Fsp3) is 0. The summed E-state index contributed by atoms with van der Waals surface area (Å²) in [5.41, 5.74) is 0. The molecule has 104 valence electrons. The Bertz CT molecular complexity index is 159. The first-order valence-corrected chi connectivity index (χ1v) is 2.19. The molecule has 0 aliphatic carbocycles. The molecule has 0 bridgehead atoms. The zero-order valence-corrected chi connectivity index (χ0v) is 9.16. The summed E-state index contributed by atoms with van der Waals surface area (Å²) < 4.78 is 0. The van der Waals surface area contributed by atoms with Crippen LogP contribution >= 0.6 is 0 Å². The van der Waals surface area contributed by atoms with Gasteiger partial charge in [0.1, 0.15) is 0 Å². The number of rotatable bonds is 0. The third kappa shape index (κ3) is 298. The maximum absolute atomic E-state index is 8.25. The molecule has 0 amide bonds. The Hall–Kier alpha value is -2.46. The second-order valence-electron chi connectivity index (χ2n) is 0.894. The van der Waals surface area contributed by atoms with Gasteiger partial charge in [0.2, 0.25) is 0 Å². The van der Waals surface area contributed by atoms with E-state index in [1.54, 1.807) is 0 Å². The molecule has 17 heteroatoms. The van der Waals surface area contributed by atoms with E-state index in [-0.39, 0.29) is 22.4 Å². The quantitative estimate of drug-likeness (QED) is 0.248. The SMILES string of the molecule is O=[N+]([O-])[O-].O=[N+]([O-])[O-].O=[N+]([O-])[O-].O=[N+]([O-])[O-].[Au+3]. The molecule has 0 aromatic carbocycles. The maximum Gasteiger partial charge on any atom is 3.00 e. The van der Waals surface area contributed by atoms with Crippen LogP contribution in [0.5, 0.6) is 0 Å². The topological polar surface area (TPSA) is 265 Å². The normalized spacial score (nSPS) is 5.65. The zero-order chi connectivity index (χ0) is 14.3. The summed E-state index contributed by atoms with van der Waals surface area (Å²) in [5, 5.41) is 59.0. The fourth-order valence-corrected chi connectivity index (χ4v) is 0. The van der Waals surface area contributed by atoms with Gasteiger partial charge in [0.25, 0.3) is 0 Å². The van der Waals surface area contributed by atoms with Crippen molar-refractivity contribution < 1.29 is 42.7 Å². The van der Waals surface area contributed by atoms with Gasteiger partial charge in [-0.15, -0.1) is 0 Å². The summed E-state index contributed by atoms with van der Waals surface area (Å²) in [5.74, 6) is 0.